The van der Waals surface area contributed by atoms with Crippen molar-refractivity contribution in [1.29, 1.82) is 0 Å². The Hall–Kier alpha value is -0.870. The SMILES string of the molecule is CC(C)=CC(=O)OCC1OCCO1. The summed E-state index contributed by atoms with van der Waals surface area (Å²) in [5, 5.41) is 0. The number of allylic oxidation sites excluding steroid dienone is 1. The second kappa shape index (κ2) is 4.99. The number of hydrogen-bond donors (Lipinski definition) is 0. The lowest BCUT2D eigenvalue weighted by Gasteiger charge is -2.08. The van der Waals surface area contributed by atoms with Crippen LogP contribution in [0.2, 0.25) is 0 Å². The number of ether oxygens (including phenoxy) is 3. The molecule has 0 radical (unpaired) electrons. The van der Waals surface area contributed by atoms with Gasteiger partial charge in [-0.25, -0.2) is 4.79 Å². The summed E-state index contributed by atoms with van der Waals surface area (Å²) >= 11 is 0. The Labute approximate surface area is 77.5 Å². The van der Waals surface area contributed by atoms with Crippen LogP contribution in [-0.2, 0) is 19.0 Å². The van der Waals surface area contributed by atoms with Gasteiger partial charge in [0.25, 0.3) is 0 Å². The third-order valence-electron chi connectivity index (χ3n) is 1.46. The van der Waals surface area contributed by atoms with Crippen LogP contribution in [0.5, 0.6) is 0 Å². The molecule has 0 amide bonds. The fourth-order valence-electron chi connectivity index (χ4n) is 0.931. The minimum Gasteiger partial charge on any atom is -0.457 e. The second-order valence-corrected chi connectivity index (χ2v) is 3.02. The first-order valence-electron chi connectivity index (χ1n) is 4.23. The van der Waals surface area contributed by atoms with Gasteiger partial charge in [0, 0.05) is 6.08 Å². The van der Waals surface area contributed by atoms with Crippen molar-refractivity contribution >= 4 is 5.97 Å². The molecule has 13 heavy (non-hydrogen) atoms. The standard InChI is InChI=1S/C9H14O4/c1-7(2)5-8(10)13-6-9-11-3-4-12-9/h5,9H,3-4,6H2,1-2H3. The second-order valence-electron chi connectivity index (χ2n) is 3.02. The highest BCUT2D eigenvalue weighted by molar-refractivity contribution is 5.82. The summed E-state index contributed by atoms with van der Waals surface area (Å²) < 4.78 is 15.0. The molecule has 0 N–H and O–H groups in total. The van der Waals surface area contributed by atoms with Crippen molar-refractivity contribution < 1.29 is 19.0 Å². The summed E-state index contributed by atoms with van der Waals surface area (Å²) in [6.07, 6.45) is 1.06. The van der Waals surface area contributed by atoms with Crippen molar-refractivity contribution in [2.24, 2.45) is 0 Å². The van der Waals surface area contributed by atoms with E-state index in [4.69, 9.17) is 14.2 Å². The van der Waals surface area contributed by atoms with Gasteiger partial charge in [-0.3, -0.25) is 0 Å². The minimum absolute atomic E-state index is 0.169. The first-order chi connectivity index (χ1) is 6.18. The monoisotopic (exact) mass is 186 g/mol. The predicted molar refractivity (Wildman–Crippen MR) is 46.1 cm³/mol. The molecule has 0 aromatic carbocycles. The Morgan fingerprint density at radius 1 is 1.46 bits per heavy atom. The Kier molecular flexibility index (Phi) is 3.92. The summed E-state index contributed by atoms with van der Waals surface area (Å²) in [5.74, 6) is -0.348. The van der Waals surface area contributed by atoms with Crippen LogP contribution in [0.3, 0.4) is 0 Å². The van der Waals surface area contributed by atoms with Crippen LogP contribution in [0.1, 0.15) is 13.8 Å². The summed E-state index contributed by atoms with van der Waals surface area (Å²) in [5.41, 5.74) is 0.915. The lowest BCUT2D eigenvalue weighted by atomic mass is 10.3. The highest BCUT2D eigenvalue weighted by atomic mass is 16.7. The van der Waals surface area contributed by atoms with Crippen molar-refractivity contribution in [3.05, 3.63) is 11.6 Å². The molecule has 1 fully saturated rings. The van der Waals surface area contributed by atoms with E-state index in [1.54, 1.807) is 0 Å². The Balaban J connectivity index is 2.18. The molecular formula is C9H14O4. The van der Waals surface area contributed by atoms with E-state index in [-0.39, 0.29) is 18.9 Å². The minimum atomic E-state index is -0.380. The summed E-state index contributed by atoms with van der Waals surface area (Å²) in [6, 6.07) is 0. The third-order valence-corrected chi connectivity index (χ3v) is 1.46. The zero-order chi connectivity index (χ0) is 9.68. The van der Waals surface area contributed by atoms with Crippen molar-refractivity contribution in [1.82, 2.24) is 0 Å². The van der Waals surface area contributed by atoms with E-state index >= 15 is 0 Å². The molecule has 1 saturated heterocycles. The molecule has 1 rings (SSSR count). The molecule has 0 saturated carbocycles. The molecule has 4 heteroatoms. The van der Waals surface area contributed by atoms with Crippen molar-refractivity contribution in [3.63, 3.8) is 0 Å². The van der Waals surface area contributed by atoms with Gasteiger partial charge < -0.3 is 14.2 Å². The van der Waals surface area contributed by atoms with Crippen molar-refractivity contribution in [2.75, 3.05) is 19.8 Å². The van der Waals surface area contributed by atoms with Crippen LogP contribution in [0.25, 0.3) is 0 Å². The number of carbonyl (C=O) groups is 1. The number of esters is 1. The normalized spacial score (nSPS) is 17.1. The van der Waals surface area contributed by atoms with E-state index in [0.717, 1.165) is 5.57 Å². The van der Waals surface area contributed by atoms with Crippen LogP contribution in [-0.4, -0.2) is 32.1 Å². The fourth-order valence-corrected chi connectivity index (χ4v) is 0.931. The maximum atomic E-state index is 11.0. The quantitative estimate of drug-likeness (QED) is 0.484. The highest BCUT2D eigenvalue weighted by Gasteiger charge is 2.17. The van der Waals surface area contributed by atoms with Gasteiger partial charge in [-0.15, -0.1) is 0 Å². The topological polar surface area (TPSA) is 44.8 Å². The van der Waals surface area contributed by atoms with Gasteiger partial charge in [0.1, 0.15) is 6.61 Å². The van der Waals surface area contributed by atoms with E-state index in [1.165, 1.54) is 6.08 Å². The lowest BCUT2D eigenvalue weighted by molar-refractivity contribution is -0.150. The molecular weight excluding hydrogens is 172 g/mol. The molecule has 4 nitrogen and oxygen atoms in total. The smallest absolute Gasteiger partial charge is 0.330 e. The molecule has 0 bridgehead atoms. The summed E-state index contributed by atoms with van der Waals surface area (Å²) in [7, 11) is 0. The van der Waals surface area contributed by atoms with Crippen LogP contribution in [0.15, 0.2) is 11.6 Å². The van der Waals surface area contributed by atoms with Gasteiger partial charge in [-0.1, -0.05) is 5.57 Å². The van der Waals surface area contributed by atoms with Crippen molar-refractivity contribution in [3.8, 4) is 0 Å². The van der Waals surface area contributed by atoms with E-state index in [1.807, 2.05) is 13.8 Å². The van der Waals surface area contributed by atoms with Crippen LogP contribution < -0.4 is 0 Å². The van der Waals surface area contributed by atoms with Gasteiger partial charge in [0.2, 0.25) is 0 Å². The predicted octanol–water partition coefficient (Wildman–Crippen LogP) is 0.869. The zero-order valence-electron chi connectivity index (χ0n) is 7.91. The van der Waals surface area contributed by atoms with Crippen LogP contribution >= 0.6 is 0 Å². The van der Waals surface area contributed by atoms with E-state index in [2.05, 4.69) is 0 Å². The molecule has 0 spiro atoms. The highest BCUT2D eigenvalue weighted by Crippen LogP contribution is 2.04. The number of hydrogen-bond acceptors (Lipinski definition) is 4. The van der Waals surface area contributed by atoms with Crippen LogP contribution in [0.4, 0.5) is 0 Å². The molecule has 74 valence electrons. The maximum Gasteiger partial charge on any atom is 0.330 e. The van der Waals surface area contributed by atoms with Gasteiger partial charge >= 0.3 is 5.97 Å². The zero-order valence-corrected chi connectivity index (χ0v) is 7.91. The van der Waals surface area contributed by atoms with Crippen LogP contribution in [0, 0.1) is 0 Å². The molecule has 0 aromatic heterocycles. The average Bonchev–Trinajstić information content (AvgIpc) is 2.51. The van der Waals surface area contributed by atoms with Gasteiger partial charge in [-0.2, -0.15) is 0 Å². The van der Waals surface area contributed by atoms with E-state index < -0.39 is 0 Å². The Bertz CT molecular complexity index is 200. The summed E-state index contributed by atoms with van der Waals surface area (Å²) in [4.78, 5) is 11.0. The Morgan fingerprint density at radius 2 is 2.08 bits per heavy atom. The largest absolute Gasteiger partial charge is 0.457 e. The number of rotatable bonds is 3. The molecule has 0 atom stereocenters. The van der Waals surface area contributed by atoms with Gasteiger partial charge in [0.05, 0.1) is 13.2 Å². The maximum absolute atomic E-state index is 11.0. The van der Waals surface area contributed by atoms with Gasteiger partial charge in [-0.05, 0) is 13.8 Å². The van der Waals surface area contributed by atoms with Gasteiger partial charge in [0.15, 0.2) is 6.29 Å². The first-order valence-corrected chi connectivity index (χ1v) is 4.23. The van der Waals surface area contributed by atoms with Crippen molar-refractivity contribution in [2.45, 2.75) is 20.1 Å². The first kappa shape index (κ1) is 10.2. The molecule has 1 heterocycles. The molecule has 0 aliphatic carbocycles. The average molecular weight is 186 g/mol. The third kappa shape index (κ3) is 4.05. The van der Waals surface area contributed by atoms with E-state index in [9.17, 15) is 4.79 Å². The molecule has 1 aliphatic rings. The molecule has 1 aliphatic heterocycles. The molecule has 0 unspecified atom stereocenters. The fraction of sp³-hybridized carbons (Fsp3) is 0.667. The summed E-state index contributed by atoms with van der Waals surface area (Å²) in [6.45, 7) is 4.99. The number of carbonyl (C=O) groups excluding carboxylic acids is 1. The lowest BCUT2D eigenvalue weighted by Crippen LogP contribution is -2.18. The Morgan fingerprint density at radius 3 is 2.62 bits per heavy atom. The van der Waals surface area contributed by atoms with E-state index in [0.29, 0.717) is 13.2 Å². The molecule has 0 aromatic rings.